The molecule has 1 heterocycles. The Kier molecular flexibility index (Phi) is 4.35. The molecule has 0 aromatic rings. The van der Waals surface area contributed by atoms with Crippen LogP contribution in [0, 0.1) is 0 Å². The van der Waals surface area contributed by atoms with Gasteiger partial charge in [0.15, 0.2) is 0 Å². The maximum Gasteiger partial charge on any atom is 0.0938 e. The highest BCUT2D eigenvalue weighted by atomic mass is 32.2. The van der Waals surface area contributed by atoms with E-state index in [-0.39, 0.29) is 0 Å². The summed E-state index contributed by atoms with van der Waals surface area (Å²) in [7, 11) is 0. The summed E-state index contributed by atoms with van der Waals surface area (Å²) >= 11 is 1.89. The number of thioether (sulfide) groups is 1. The minimum absolute atomic E-state index is 0.531. The van der Waals surface area contributed by atoms with Crippen molar-refractivity contribution in [3.8, 4) is 0 Å². The number of rotatable bonds is 4. The Morgan fingerprint density at radius 3 is 2.42 bits per heavy atom. The molecule has 0 aromatic carbocycles. The number of aliphatic hydroxyl groups is 2. The number of likely N-dealkylation sites (tertiary alicyclic amines) is 1. The number of aliphatic hydroxyl groups excluding tert-OH is 2. The molecule has 1 aliphatic rings. The van der Waals surface area contributed by atoms with Crippen LogP contribution in [0.15, 0.2) is 0 Å². The van der Waals surface area contributed by atoms with Gasteiger partial charge in [-0.15, -0.1) is 0 Å². The predicted octanol–water partition coefficient (Wildman–Crippen LogP) is -0.223. The van der Waals surface area contributed by atoms with Crippen LogP contribution in [0.5, 0.6) is 0 Å². The van der Waals surface area contributed by atoms with Crippen molar-refractivity contribution in [2.75, 3.05) is 31.1 Å². The first-order chi connectivity index (χ1) is 5.74. The number of β-amino-alcohol motifs (C(OH)–C–C–N with tert-alkyl or cyclic N) is 2. The average molecular weight is 191 g/mol. The molecule has 1 saturated heterocycles. The lowest BCUT2D eigenvalue weighted by Gasteiger charge is -2.13. The Balaban J connectivity index is 2.10. The van der Waals surface area contributed by atoms with E-state index < -0.39 is 12.2 Å². The Labute approximate surface area is 77.8 Å². The van der Waals surface area contributed by atoms with Crippen molar-refractivity contribution in [1.82, 2.24) is 4.90 Å². The summed E-state index contributed by atoms with van der Waals surface area (Å²) in [6.07, 6.45) is -1.06. The number of hydrogen-bond donors (Lipinski definition) is 2. The topological polar surface area (TPSA) is 43.7 Å². The molecule has 0 bridgehead atoms. The normalized spacial score (nSPS) is 31.2. The van der Waals surface area contributed by atoms with Crippen LogP contribution in [0.3, 0.4) is 0 Å². The number of hydrogen-bond acceptors (Lipinski definition) is 4. The van der Waals surface area contributed by atoms with Crippen molar-refractivity contribution in [2.45, 2.75) is 19.1 Å². The van der Waals surface area contributed by atoms with Gasteiger partial charge in [0, 0.05) is 25.4 Å². The van der Waals surface area contributed by atoms with Crippen LogP contribution < -0.4 is 0 Å². The Morgan fingerprint density at radius 1 is 1.33 bits per heavy atom. The van der Waals surface area contributed by atoms with Gasteiger partial charge in [-0.3, -0.25) is 4.90 Å². The fraction of sp³-hybridized carbons (Fsp3) is 1.00. The summed E-state index contributed by atoms with van der Waals surface area (Å²) in [6.45, 7) is 4.38. The lowest BCUT2D eigenvalue weighted by molar-refractivity contribution is 0.0572. The SMILES string of the molecule is CCSCCN1CC(O)C(O)C1. The van der Waals surface area contributed by atoms with Crippen molar-refractivity contribution < 1.29 is 10.2 Å². The van der Waals surface area contributed by atoms with E-state index in [4.69, 9.17) is 0 Å². The van der Waals surface area contributed by atoms with Gasteiger partial charge in [-0.05, 0) is 5.75 Å². The summed E-state index contributed by atoms with van der Waals surface area (Å²) in [6, 6.07) is 0. The molecule has 0 saturated carbocycles. The smallest absolute Gasteiger partial charge is 0.0938 e. The maximum atomic E-state index is 9.23. The van der Waals surface area contributed by atoms with E-state index in [0.29, 0.717) is 13.1 Å². The standard InChI is InChI=1S/C8H17NO2S/c1-2-12-4-3-9-5-7(10)8(11)6-9/h7-8,10-11H,2-6H2,1H3. The van der Waals surface area contributed by atoms with E-state index in [2.05, 4.69) is 11.8 Å². The molecule has 2 atom stereocenters. The molecular weight excluding hydrogens is 174 g/mol. The first kappa shape index (κ1) is 10.3. The Bertz CT molecular complexity index is 124. The fourth-order valence-corrected chi connectivity index (χ4v) is 2.04. The molecule has 0 amide bonds. The van der Waals surface area contributed by atoms with Crippen LogP contribution in [0.25, 0.3) is 0 Å². The van der Waals surface area contributed by atoms with Gasteiger partial charge in [0.25, 0.3) is 0 Å². The van der Waals surface area contributed by atoms with Crippen LogP contribution in [0.2, 0.25) is 0 Å². The average Bonchev–Trinajstić information content (AvgIpc) is 2.32. The summed E-state index contributed by atoms with van der Waals surface area (Å²) in [5.74, 6) is 2.23. The van der Waals surface area contributed by atoms with E-state index in [1.807, 2.05) is 11.8 Å². The van der Waals surface area contributed by atoms with Crippen LogP contribution in [0.1, 0.15) is 6.92 Å². The Hall–Kier alpha value is 0.230. The fourth-order valence-electron chi connectivity index (χ4n) is 1.37. The van der Waals surface area contributed by atoms with Gasteiger partial charge in [-0.25, -0.2) is 0 Å². The second-order valence-corrected chi connectivity index (χ2v) is 4.49. The molecule has 1 fully saturated rings. The first-order valence-electron chi connectivity index (χ1n) is 4.40. The van der Waals surface area contributed by atoms with Gasteiger partial charge >= 0.3 is 0 Å². The highest BCUT2D eigenvalue weighted by Gasteiger charge is 2.28. The molecule has 72 valence electrons. The van der Waals surface area contributed by atoms with Crippen molar-refractivity contribution in [1.29, 1.82) is 0 Å². The third-order valence-electron chi connectivity index (χ3n) is 2.09. The minimum atomic E-state index is -0.531. The van der Waals surface area contributed by atoms with E-state index in [0.717, 1.165) is 18.1 Å². The van der Waals surface area contributed by atoms with Crippen LogP contribution >= 0.6 is 11.8 Å². The zero-order chi connectivity index (χ0) is 8.97. The van der Waals surface area contributed by atoms with Gasteiger partial charge in [0.05, 0.1) is 12.2 Å². The summed E-state index contributed by atoms with van der Waals surface area (Å²) in [5, 5.41) is 18.5. The monoisotopic (exact) mass is 191 g/mol. The highest BCUT2D eigenvalue weighted by Crippen LogP contribution is 2.10. The molecule has 0 aromatic heterocycles. The van der Waals surface area contributed by atoms with E-state index >= 15 is 0 Å². The molecule has 0 radical (unpaired) electrons. The maximum absolute atomic E-state index is 9.23. The Morgan fingerprint density at radius 2 is 1.92 bits per heavy atom. The molecule has 3 nitrogen and oxygen atoms in total. The molecule has 0 spiro atoms. The zero-order valence-corrected chi connectivity index (χ0v) is 8.26. The molecule has 1 rings (SSSR count). The summed E-state index contributed by atoms with van der Waals surface area (Å²) in [5.41, 5.74) is 0. The van der Waals surface area contributed by atoms with E-state index in [1.54, 1.807) is 0 Å². The van der Waals surface area contributed by atoms with Gasteiger partial charge in [-0.1, -0.05) is 6.92 Å². The van der Waals surface area contributed by atoms with Crippen LogP contribution in [0.4, 0.5) is 0 Å². The molecular formula is C8H17NO2S. The molecule has 2 unspecified atom stereocenters. The largest absolute Gasteiger partial charge is 0.389 e. The third kappa shape index (κ3) is 2.94. The minimum Gasteiger partial charge on any atom is -0.389 e. The molecule has 1 aliphatic heterocycles. The number of nitrogens with zero attached hydrogens (tertiary/aromatic N) is 1. The lowest BCUT2D eigenvalue weighted by atomic mass is 10.3. The summed E-state index contributed by atoms with van der Waals surface area (Å²) < 4.78 is 0. The van der Waals surface area contributed by atoms with Gasteiger partial charge in [0.1, 0.15) is 0 Å². The third-order valence-corrected chi connectivity index (χ3v) is 2.97. The van der Waals surface area contributed by atoms with E-state index in [9.17, 15) is 10.2 Å². The summed E-state index contributed by atoms with van der Waals surface area (Å²) in [4.78, 5) is 2.11. The van der Waals surface area contributed by atoms with Crippen molar-refractivity contribution in [3.63, 3.8) is 0 Å². The molecule has 4 heteroatoms. The van der Waals surface area contributed by atoms with Gasteiger partial charge in [-0.2, -0.15) is 11.8 Å². The van der Waals surface area contributed by atoms with Gasteiger partial charge in [0.2, 0.25) is 0 Å². The zero-order valence-electron chi connectivity index (χ0n) is 7.44. The van der Waals surface area contributed by atoms with E-state index in [1.165, 1.54) is 0 Å². The molecule has 12 heavy (non-hydrogen) atoms. The van der Waals surface area contributed by atoms with Gasteiger partial charge < -0.3 is 10.2 Å². The second kappa shape index (κ2) is 5.07. The quantitative estimate of drug-likeness (QED) is 0.603. The predicted molar refractivity (Wildman–Crippen MR) is 51.5 cm³/mol. The van der Waals surface area contributed by atoms with Crippen LogP contribution in [-0.4, -0.2) is 58.5 Å². The highest BCUT2D eigenvalue weighted by molar-refractivity contribution is 7.99. The van der Waals surface area contributed by atoms with Crippen LogP contribution in [-0.2, 0) is 0 Å². The first-order valence-corrected chi connectivity index (χ1v) is 5.55. The van der Waals surface area contributed by atoms with Crippen molar-refractivity contribution in [3.05, 3.63) is 0 Å². The molecule has 2 N–H and O–H groups in total. The van der Waals surface area contributed by atoms with Crippen molar-refractivity contribution >= 4 is 11.8 Å². The van der Waals surface area contributed by atoms with Crippen molar-refractivity contribution in [2.24, 2.45) is 0 Å². The lowest BCUT2D eigenvalue weighted by Crippen LogP contribution is -2.24. The second-order valence-electron chi connectivity index (χ2n) is 3.09. The molecule has 0 aliphatic carbocycles.